The summed E-state index contributed by atoms with van der Waals surface area (Å²) >= 11 is 5.25. The average molecular weight is 190 g/mol. The molecule has 0 spiro atoms. The number of benzene rings is 1. The Kier molecular flexibility index (Phi) is 2.53. The Morgan fingerprint density at radius 3 is 2.58 bits per heavy atom. The standard InChI is InChI=1S/C7H2ClF2NO/c8-5-1-4(11-3-12)2-6(9)7(5)10/h1-2H. The van der Waals surface area contributed by atoms with Gasteiger partial charge < -0.3 is 0 Å². The van der Waals surface area contributed by atoms with Gasteiger partial charge in [0.15, 0.2) is 11.6 Å². The number of carbonyl (C=O) groups excluding carboxylic acids is 1. The van der Waals surface area contributed by atoms with Crippen molar-refractivity contribution in [1.82, 2.24) is 0 Å². The molecule has 0 aliphatic heterocycles. The highest BCUT2D eigenvalue weighted by Gasteiger charge is 2.07. The lowest BCUT2D eigenvalue weighted by molar-refractivity contribution is 0.509. The number of nitrogens with zero attached hydrogens (tertiary/aromatic N) is 1. The van der Waals surface area contributed by atoms with Crippen molar-refractivity contribution in [2.45, 2.75) is 0 Å². The van der Waals surface area contributed by atoms with Crippen LogP contribution >= 0.6 is 11.6 Å². The third-order valence-electron chi connectivity index (χ3n) is 1.14. The van der Waals surface area contributed by atoms with Gasteiger partial charge in [-0.05, 0) is 6.07 Å². The maximum atomic E-state index is 12.5. The lowest BCUT2D eigenvalue weighted by Gasteiger charge is -1.96. The van der Waals surface area contributed by atoms with Crippen molar-refractivity contribution < 1.29 is 13.6 Å². The predicted octanol–water partition coefficient (Wildman–Crippen LogP) is 2.59. The zero-order valence-electron chi connectivity index (χ0n) is 5.64. The number of halogens is 3. The van der Waals surface area contributed by atoms with E-state index in [4.69, 9.17) is 11.6 Å². The van der Waals surface area contributed by atoms with Gasteiger partial charge in [0.05, 0.1) is 10.7 Å². The van der Waals surface area contributed by atoms with E-state index in [0.717, 1.165) is 12.1 Å². The lowest BCUT2D eigenvalue weighted by Crippen LogP contribution is -1.83. The summed E-state index contributed by atoms with van der Waals surface area (Å²) in [5, 5.41) is -0.413. The van der Waals surface area contributed by atoms with E-state index in [-0.39, 0.29) is 5.69 Å². The van der Waals surface area contributed by atoms with Crippen LogP contribution in [0.4, 0.5) is 14.5 Å². The van der Waals surface area contributed by atoms with Crippen molar-refractivity contribution in [2.24, 2.45) is 4.99 Å². The summed E-state index contributed by atoms with van der Waals surface area (Å²) in [5.74, 6) is -2.29. The van der Waals surface area contributed by atoms with E-state index in [0.29, 0.717) is 0 Å². The topological polar surface area (TPSA) is 29.4 Å². The Labute approximate surface area is 71.5 Å². The van der Waals surface area contributed by atoms with Gasteiger partial charge in [0.25, 0.3) is 0 Å². The highest BCUT2D eigenvalue weighted by Crippen LogP contribution is 2.23. The van der Waals surface area contributed by atoms with Gasteiger partial charge in [-0.25, -0.2) is 13.6 Å². The van der Waals surface area contributed by atoms with Crippen LogP contribution in [0.1, 0.15) is 0 Å². The smallest absolute Gasteiger partial charge is 0.211 e. The first kappa shape index (κ1) is 8.84. The summed E-state index contributed by atoms with van der Waals surface area (Å²) in [5.41, 5.74) is -0.0612. The summed E-state index contributed by atoms with van der Waals surface area (Å²) in [6.45, 7) is 0. The molecule has 0 fully saturated rings. The van der Waals surface area contributed by atoms with Gasteiger partial charge in [-0.1, -0.05) is 11.6 Å². The number of rotatable bonds is 1. The second-order valence-electron chi connectivity index (χ2n) is 1.93. The molecule has 0 heterocycles. The SMILES string of the molecule is O=C=Nc1cc(F)c(F)c(Cl)c1. The van der Waals surface area contributed by atoms with Crippen LogP contribution in [-0.2, 0) is 4.79 Å². The van der Waals surface area contributed by atoms with Crippen LogP contribution in [-0.4, -0.2) is 6.08 Å². The molecule has 1 aromatic rings. The molecule has 0 aliphatic rings. The van der Waals surface area contributed by atoms with Gasteiger partial charge in [0.1, 0.15) is 0 Å². The molecule has 0 atom stereocenters. The molecular formula is C7H2ClF2NO. The second-order valence-corrected chi connectivity index (χ2v) is 2.33. The molecule has 5 heteroatoms. The average Bonchev–Trinajstić information content (AvgIpc) is 2.01. The summed E-state index contributed by atoms with van der Waals surface area (Å²) in [6.07, 6.45) is 1.19. The highest BCUT2D eigenvalue weighted by atomic mass is 35.5. The van der Waals surface area contributed by atoms with E-state index >= 15 is 0 Å². The highest BCUT2D eigenvalue weighted by molar-refractivity contribution is 6.31. The van der Waals surface area contributed by atoms with Crippen LogP contribution in [0.3, 0.4) is 0 Å². The summed E-state index contributed by atoms with van der Waals surface area (Å²) in [7, 11) is 0. The van der Waals surface area contributed by atoms with Crippen LogP contribution in [0.2, 0.25) is 5.02 Å². The third-order valence-corrected chi connectivity index (χ3v) is 1.42. The van der Waals surface area contributed by atoms with Crippen LogP contribution in [0, 0.1) is 11.6 Å². The zero-order valence-corrected chi connectivity index (χ0v) is 6.40. The Hall–Kier alpha value is -1.25. The Morgan fingerprint density at radius 2 is 2.08 bits per heavy atom. The van der Waals surface area contributed by atoms with E-state index in [1.807, 2.05) is 0 Å². The fraction of sp³-hybridized carbons (Fsp3) is 0. The molecule has 0 N–H and O–H groups in total. The molecule has 0 aromatic heterocycles. The summed E-state index contributed by atoms with van der Waals surface area (Å²) in [6, 6.07) is 1.79. The number of hydrogen-bond donors (Lipinski definition) is 0. The fourth-order valence-corrected chi connectivity index (χ4v) is 0.861. The van der Waals surface area contributed by atoms with E-state index in [1.54, 1.807) is 0 Å². The van der Waals surface area contributed by atoms with Crippen molar-refractivity contribution in [3.8, 4) is 0 Å². The predicted molar refractivity (Wildman–Crippen MR) is 39.1 cm³/mol. The van der Waals surface area contributed by atoms with E-state index in [1.165, 1.54) is 6.08 Å². The van der Waals surface area contributed by atoms with E-state index in [2.05, 4.69) is 4.99 Å². The van der Waals surface area contributed by atoms with Gasteiger partial charge in [0.2, 0.25) is 6.08 Å². The molecule has 0 saturated carbocycles. The summed E-state index contributed by atoms with van der Waals surface area (Å²) < 4.78 is 25.0. The molecule has 0 amide bonds. The van der Waals surface area contributed by atoms with Crippen molar-refractivity contribution in [2.75, 3.05) is 0 Å². The van der Waals surface area contributed by atoms with Gasteiger partial charge in [-0.2, -0.15) is 4.99 Å². The Bertz CT molecular complexity index is 337. The molecule has 0 saturated heterocycles. The van der Waals surface area contributed by atoms with E-state index < -0.39 is 16.7 Å². The molecule has 62 valence electrons. The molecular weight excluding hydrogens is 188 g/mol. The lowest BCUT2D eigenvalue weighted by atomic mass is 10.3. The zero-order chi connectivity index (χ0) is 9.14. The van der Waals surface area contributed by atoms with Crippen molar-refractivity contribution >= 4 is 23.4 Å². The quantitative estimate of drug-likeness (QED) is 0.379. The molecule has 0 radical (unpaired) electrons. The second kappa shape index (κ2) is 3.43. The van der Waals surface area contributed by atoms with Crippen LogP contribution in [0.5, 0.6) is 0 Å². The minimum Gasteiger partial charge on any atom is -0.211 e. The van der Waals surface area contributed by atoms with Crippen molar-refractivity contribution in [1.29, 1.82) is 0 Å². The first-order valence-corrected chi connectivity index (χ1v) is 3.25. The van der Waals surface area contributed by atoms with Crippen molar-refractivity contribution in [3.05, 3.63) is 28.8 Å². The van der Waals surface area contributed by atoms with Crippen LogP contribution in [0.25, 0.3) is 0 Å². The van der Waals surface area contributed by atoms with Gasteiger partial charge in [0, 0.05) is 6.07 Å². The molecule has 0 aliphatic carbocycles. The number of hydrogen-bond acceptors (Lipinski definition) is 2. The normalized spacial score (nSPS) is 9.25. The molecule has 0 unspecified atom stereocenters. The Morgan fingerprint density at radius 1 is 1.42 bits per heavy atom. The third kappa shape index (κ3) is 1.67. The van der Waals surface area contributed by atoms with Crippen molar-refractivity contribution in [3.63, 3.8) is 0 Å². The molecule has 2 nitrogen and oxygen atoms in total. The van der Waals surface area contributed by atoms with Gasteiger partial charge in [-0.15, -0.1) is 0 Å². The Balaban J connectivity index is 3.30. The monoisotopic (exact) mass is 189 g/mol. The number of aliphatic imine (C=N–C) groups is 1. The van der Waals surface area contributed by atoms with Crippen LogP contribution < -0.4 is 0 Å². The molecule has 0 bridgehead atoms. The molecule has 1 rings (SSSR count). The largest absolute Gasteiger partial charge is 0.240 e. The first-order valence-electron chi connectivity index (χ1n) is 2.87. The maximum absolute atomic E-state index is 12.5. The minimum absolute atomic E-state index is 0.0612. The summed E-state index contributed by atoms with van der Waals surface area (Å²) in [4.78, 5) is 12.8. The van der Waals surface area contributed by atoms with Gasteiger partial charge in [-0.3, -0.25) is 0 Å². The van der Waals surface area contributed by atoms with E-state index in [9.17, 15) is 13.6 Å². The fourth-order valence-electron chi connectivity index (χ4n) is 0.659. The molecule has 12 heavy (non-hydrogen) atoms. The van der Waals surface area contributed by atoms with Crippen LogP contribution in [0.15, 0.2) is 17.1 Å². The number of isocyanates is 1. The minimum atomic E-state index is -1.15. The maximum Gasteiger partial charge on any atom is 0.240 e. The first-order chi connectivity index (χ1) is 5.65. The van der Waals surface area contributed by atoms with Gasteiger partial charge >= 0.3 is 0 Å². The molecule has 1 aromatic carbocycles.